The Balaban J connectivity index is 3.20. The first-order chi connectivity index (χ1) is 5.11. The van der Waals surface area contributed by atoms with E-state index in [0.29, 0.717) is 0 Å². The van der Waals surface area contributed by atoms with Gasteiger partial charge in [0.1, 0.15) is 0 Å². The van der Waals surface area contributed by atoms with Crippen molar-refractivity contribution in [1.29, 1.82) is 0 Å². The maximum atomic E-state index is 10.6. The number of hydrogen-bond acceptors (Lipinski definition) is 2. The third-order valence-corrected chi connectivity index (χ3v) is 1.48. The van der Waals surface area contributed by atoms with Crippen LogP contribution in [-0.2, 0) is 0 Å². The van der Waals surface area contributed by atoms with Gasteiger partial charge in [0.25, 0.3) is 0 Å². The summed E-state index contributed by atoms with van der Waals surface area (Å²) in [7, 11) is 0. The molecule has 0 aliphatic heterocycles. The van der Waals surface area contributed by atoms with Crippen molar-refractivity contribution in [3.8, 4) is 5.75 Å². The van der Waals surface area contributed by atoms with Gasteiger partial charge in [-0.3, -0.25) is 0 Å². The van der Waals surface area contributed by atoms with Crippen LogP contribution in [0.5, 0.6) is 5.75 Å². The summed E-state index contributed by atoms with van der Waals surface area (Å²) in [6.45, 7) is 0. The van der Waals surface area contributed by atoms with Gasteiger partial charge in [0.15, 0.2) is 0 Å². The number of hydrogen-bond donors (Lipinski definition) is 1. The van der Waals surface area contributed by atoms with Crippen molar-refractivity contribution in [1.82, 2.24) is 0 Å². The first-order valence-electron chi connectivity index (χ1n) is 2.81. The van der Waals surface area contributed by atoms with Gasteiger partial charge in [0, 0.05) is 0 Å². The van der Waals surface area contributed by atoms with Crippen LogP contribution < -0.4 is 5.11 Å². The molecule has 0 amide bonds. The number of benzene rings is 1. The van der Waals surface area contributed by atoms with Crippen molar-refractivity contribution in [2.45, 2.75) is 0 Å². The number of halogens is 1. The van der Waals surface area contributed by atoms with Gasteiger partial charge in [-0.1, -0.05) is 23.7 Å². The Bertz CT molecular complexity index is 296. The first kappa shape index (κ1) is 7.88. The Kier molecular flexibility index (Phi) is 2.01. The predicted molar refractivity (Wildman–Crippen MR) is 37.9 cm³/mol. The highest BCUT2D eigenvalue weighted by Gasteiger charge is 2.05. The maximum Gasteiger partial charge on any atom is 0.337 e. The Morgan fingerprint density at radius 3 is 2.64 bits per heavy atom. The molecule has 0 saturated carbocycles. The third-order valence-electron chi connectivity index (χ3n) is 1.17. The lowest BCUT2D eigenvalue weighted by Crippen LogP contribution is -1.98. The summed E-state index contributed by atoms with van der Waals surface area (Å²) in [6, 6.07) is 3.42. The lowest BCUT2D eigenvalue weighted by atomic mass is 10.2. The molecule has 4 heteroatoms. The summed E-state index contributed by atoms with van der Waals surface area (Å²) in [4.78, 5) is 10.3. The summed E-state index contributed by atoms with van der Waals surface area (Å²) in [6.07, 6.45) is 0. The lowest BCUT2D eigenvalue weighted by molar-refractivity contribution is -0.268. The van der Waals surface area contributed by atoms with Crippen molar-refractivity contribution in [2.75, 3.05) is 0 Å². The standard InChI is InChI=1S/C7H5ClO3/c8-6-3-4(9)1-2-5(6)7(10)11/h1-3,9H,(H,10,11)/p-1. The second-order valence-electron chi connectivity index (χ2n) is 1.95. The van der Waals surface area contributed by atoms with E-state index >= 15 is 0 Å². The van der Waals surface area contributed by atoms with Gasteiger partial charge >= 0.3 is 5.97 Å². The molecule has 0 bridgehead atoms. The normalized spacial score (nSPS) is 9.55. The number of carboxylic acid groups (broad SMARTS) is 1. The van der Waals surface area contributed by atoms with E-state index < -0.39 is 5.97 Å². The fourth-order valence-corrected chi connectivity index (χ4v) is 0.921. The summed E-state index contributed by atoms with van der Waals surface area (Å²) in [5, 5.41) is 19.0. The van der Waals surface area contributed by atoms with E-state index in [1.54, 1.807) is 0 Å². The molecule has 0 atom stereocenters. The van der Waals surface area contributed by atoms with Gasteiger partial charge in [0.2, 0.25) is 0 Å². The van der Waals surface area contributed by atoms with Crippen LogP contribution in [0.25, 0.3) is 0 Å². The summed E-state index contributed by atoms with van der Waals surface area (Å²) < 4.78 is 0. The van der Waals surface area contributed by atoms with E-state index in [1.807, 2.05) is 0 Å². The minimum Gasteiger partial charge on any atom is -0.872 e. The lowest BCUT2D eigenvalue weighted by Gasteiger charge is -2.05. The highest BCUT2D eigenvalue weighted by molar-refractivity contribution is 6.33. The highest BCUT2D eigenvalue weighted by Crippen LogP contribution is 2.19. The van der Waals surface area contributed by atoms with Crippen molar-refractivity contribution in [3.05, 3.63) is 28.8 Å². The van der Waals surface area contributed by atoms with E-state index in [0.717, 1.165) is 12.1 Å². The van der Waals surface area contributed by atoms with E-state index in [9.17, 15) is 9.90 Å². The van der Waals surface area contributed by atoms with Crippen molar-refractivity contribution in [3.63, 3.8) is 0 Å². The quantitative estimate of drug-likeness (QED) is 0.689. The smallest absolute Gasteiger partial charge is 0.337 e. The van der Waals surface area contributed by atoms with E-state index in [-0.39, 0.29) is 16.3 Å². The Hall–Kier alpha value is -1.22. The molecule has 0 saturated heterocycles. The predicted octanol–water partition coefficient (Wildman–Crippen LogP) is 1.11. The molecular weight excluding hydrogens is 168 g/mol. The van der Waals surface area contributed by atoms with Crippen LogP contribution in [0, 0.1) is 0 Å². The van der Waals surface area contributed by atoms with Crippen LogP contribution in [-0.4, -0.2) is 11.1 Å². The number of rotatable bonds is 1. The number of aromatic carboxylic acids is 1. The van der Waals surface area contributed by atoms with Crippen molar-refractivity contribution < 1.29 is 15.0 Å². The second-order valence-corrected chi connectivity index (χ2v) is 2.35. The zero-order valence-corrected chi connectivity index (χ0v) is 6.13. The van der Waals surface area contributed by atoms with Gasteiger partial charge in [-0.15, -0.1) is 5.75 Å². The molecule has 0 aliphatic carbocycles. The summed E-state index contributed by atoms with van der Waals surface area (Å²) >= 11 is 5.44. The van der Waals surface area contributed by atoms with Gasteiger partial charge in [-0.2, -0.15) is 0 Å². The van der Waals surface area contributed by atoms with Crippen LogP contribution in [0.2, 0.25) is 5.02 Å². The fourth-order valence-electron chi connectivity index (χ4n) is 0.669. The maximum absolute atomic E-state index is 10.6. The monoisotopic (exact) mass is 171 g/mol. The van der Waals surface area contributed by atoms with Crippen LogP contribution in [0.15, 0.2) is 18.2 Å². The number of carboxylic acids is 1. The minimum atomic E-state index is -1.13. The minimum absolute atomic E-state index is 0.0231. The molecule has 58 valence electrons. The largest absolute Gasteiger partial charge is 0.872 e. The zero-order chi connectivity index (χ0) is 8.43. The molecule has 0 radical (unpaired) electrons. The first-order valence-corrected chi connectivity index (χ1v) is 3.19. The third kappa shape index (κ3) is 1.62. The Labute approximate surface area is 67.8 Å². The zero-order valence-electron chi connectivity index (χ0n) is 5.37. The molecule has 1 aromatic rings. The topological polar surface area (TPSA) is 60.4 Å². The van der Waals surface area contributed by atoms with Crippen molar-refractivity contribution in [2.24, 2.45) is 0 Å². The van der Waals surface area contributed by atoms with Crippen LogP contribution >= 0.6 is 11.6 Å². The van der Waals surface area contributed by atoms with Gasteiger partial charge in [0.05, 0.1) is 10.6 Å². The summed E-state index contributed by atoms with van der Waals surface area (Å²) in [5.74, 6) is -1.42. The van der Waals surface area contributed by atoms with Crippen LogP contribution in [0.1, 0.15) is 10.4 Å². The van der Waals surface area contributed by atoms with Gasteiger partial charge < -0.3 is 10.2 Å². The molecule has 0 aliphatic rings. The Morgan fingerprint density at radius 1 is 1.55 bits per heavy atom. The molecule has 1 rings (SSSR count). The molecule has 1 aromatic carbocycles. The van der Waals surface area contributed by atoms with E-state index in [1.165, 1.54) is 6.07 Å². The van der Waals surface area contributed by atoms with Crippen molar-refractivity contribution >= 4 is 17.6 Å². The van der Waals surface area contributed by atoms with E-state index in [4.69, 9.17) is 16.7 Å². The molecular formula is C7H4ClO3-. The number of carbonyl (C=O) groups is 1. The van der Waals surface area contributed by atoms with Gasteiger partial charge in [-0.25, -0.2) is 4.79 Å². The second kappa shape index (κ2) is 2.80. The molecule has 1 N–H and O–H groups in total. The van der Waals surface area contributed by atoms with Gasteiger partial charge in [-0.05, 0) is 6.07 Å². The molecule has 0 aromatic heterocycles. The molecule has 0 heterocycles. The van der Waals surface area contributed by atoms with Crippen LogP contribution in [0.3, 0.4) is 0 Å². The van der Waals surface area contributed by atoms with E-state index in [2.05, 4.69) is 0 Å². The summed E-state index contributed by atoms with van der Waals surface area (Å²) in [5.41, 5.74) is -0.0498. The molecule has 0 fully saturated rings. The molecule has 3 nitrogen and oxygen atoms in total. The molecule has 0 spiro atoms. The fraction of sp³-hybridized carbons (Fsp3) is 0. The average Bonchev–Trinajstić information content (AvgIpc) is 1.85. The Morgan fingerprint density at radius 2 is 2.18 bits per heavy atom. The SMILES string of the molecule is O=C(O)c1ccc([O-])cc1Cl. The highest BCUT2D eigenvalue weighted by atomic mass is 35.5. The molecule has 11 heavy (non-hydrogen) atoms. The van der Waals surface area contributed by atoms with Crippen LogP contribution in [0.4, 0.5) is 0 Å². The average molecular weight is 172 g/mol. The molecule has 0 unspecified atom stereocenters.